The molecule has 2 atom stereocenters. The normalized spacial score (nSPS) is 17.9. The van der Waals surface area contributed by atoms with Crippen LogP contribution in [0.3, 0.4) is 0 Å². The molecule has 0 spiro atoms. The number of hydrogen-bond acceptors (Lipinski definition) is 1. The molecule has 0 radical (unpaired) electrons. The third-order valence-electron chi connectivity index (χ3n) is 7.76. The van der Waals surface area contributed by atoms with Gasteiger partial charge in [0.2, 0.25) is 0 Å². The van der Waals surface area contributed by atoms with Crippen LogP contribution in [0, 0.1) is 6.92 Å². The van der Waals surface area contributed by atoms with Gasteiger partial charge >= 0.3 is 0 Å². The van der Waals surface area contributed by atoms with E-state index in [-0.39, 0.29) is 17.6 Å². The third kappa shape index (κ3) is 3.43. The second-order valence-corrected chi connectivity index (χ2v) is 9.72. The predicted octanol–water partition coefficient (Wildman–Crippen LogP) is 8.09. The maximum atomic E-state index is 14.4. The van der Waals surface area contributed by atoms with Gasteiger partial charge in [-0.1, -0.05) is 145 Å². The summed E-state index contributed by atoms with van der Waals surface area (Å²) >= 11 is 0. The molecule has 6 rings (SSSR count). The van der Waals surface area contributed by atoms with Crippen molar-refractivity contribution in [2.75, 3.05) is 0 Å². The first kappa shape index (κ1) is 22.2. The van der Waals surface area contributed by atoms with Crippen LogP contribution in [-0.2, 0) is 5.41 Å². The minimum Gasteiger partial charge on any atom is -0.293 e. The SMILES string of the molecule is Cc1ccc(C2C(C(=O)c3ccccc3)c3ccccc3C2(c2ccccc2)c2ccccc2)cc1. The first-order valence-corrected chi connectivity index (χ1v) is 12.6. The van der Waals surface area contributed by atoms with E-state index in [0.29, 0.717) is 0 Å². The molecule has 1 heteroatoms. The Morgan fingerprint density at radius 2 is 1.08 bits per heavy atom. The van der Waals surface area contributed by atoms with E-state index in [4.69, 9.17) is 0 Å². The van der Waals surface area contributed by atoms with Crippen LogP contribution in [0.2, 0.25) is 0 Å². The van der Waals surface area contributed by atoms with Crippen molar-refractivity contribution in [1.82, 2.24) is 0 Å². The molecule has 0 saturated heterocycles. The van der Waals surface area contributed by atoms with E-state index < -0.39 is 5.41 Å². The second kappa shape index (κ2) is 9.09. The zero-order chi connectivity index (χ0) is 24.5. The van der Waals surface area contributed by atoms with Crippen molar-refractivity contribution in [3.8, 4) is 0 Å². The Morgan fingerprint density at radius 3 is 1.67 bits per heavy atom. The van der Waals surface area contributed by atoms with Crippen molar-refractivity contribution < 1.29 is 4.79 Å². The maximum Gasteiger partial charge on any atom is 0.170 e. The van der Waals surface area contributed by atoms with Gasteiger partial charge in [-0.15, -0.1) is 0 Å². The summed E-state index contributed by atoms with van der Waals surface area (Å²) in [5.74, 6) is -0.248. The van der Waals surface area contributed by atoms with Gasteiger partial charge < -0.3 is 0 Å². The van der Waals surface area contributed by atoms with Crippen molar-refractivity contribution >= 4 is 5.78 Å². The molecule has 36 heavy (non-hydrogen) atoms. The van der Waals surface area contributed by atoms with Gasteiger partial charge in [0.15, 0.2) is 5.78 Å². The third-order valence-corrected chi connectivity index (χ3v) is 7.76. The highest BCUT2D eigenvalue weighted by molar-refractivity contribution is 6.03. The molecule has 0 heterocycles. The molecular weight excluding hydrogens is 436 g/mol. The molecule has 0 fully saturated rings. The van der Waals surface area contributed by atoms with Gasteiger partial charge in [-0.05, 0) is 34.7 Å². The van der Waals surface area contributed by atoms with Crippen LogP contribution in [0.5, 0.6) is 0 Å². The number of carbonyl (C=O) groups is 1. The van der Waals surface area contributed by atoms with Crippen molar-refractivity contribution in [2.24, 2.45) is 0 Å². The second-order valence-electron chi connectivity index (χ2n) is 9.72. The Bertz CT molecular complexity index is 1450. The molecule has 1 aliphatic rings. The quantitative estimate of drug-likeness (QED) is 0.240. The molecule has 0 saturated carbocycles. The highest BCUT2D eigenvalue weighted by Crippen LogP contribution is 2.62. The first-order chi connectivity index (χ1) is 17.7. The van der Waals surface area contributed by atoms with E-state index in [0.717, 1.165) is 11.1 Å². The summed E-state index contributed by atoms with van der Waals surface area (Å²) in [4.78, 5) is 14.4. The Balaban J connectivity index is 1.73. The molecule has 1 aliphatic carbocycles. The Morgan fingerprint density at radius 1 is 0.583 bits per heavy atom. The van der Waals surface area contributed by atoms with E-state index in [1.54, 1.807) is 0 Å². The molecule has 1 nitrogen and oxygen atoms in total. The van der Waals surface area contributed by atoms with Crippen molar-refractivity contribution in [3.63, 3.8) is 0 Å². The van der Waals surface area contributed by atoms with Gasteiger partial charge in [-0.2, -0.15) is 0 Å². The van der Waals surface area contributed by atoms with Crippen LogP contribution < -0.4 is 0 Å². The monoisotopic (exact) mass is 464 g/mol. The van der Waals surface area contributed by atoms with E-state index in [1.807, 2.05) is 30.3 Å². The summed E-state index contributed by atoms with van der Waals surface area (Å²) in [6.45, 7) is 2.11. The highest BCUT2D eigenvalue weighted by atomic mass is 16.1. The maximum absolute atomic E-state index is 14.4. The summed E-state index contributed by atoms with van der Waals surface area (Å²) in [5, 5.41) is 0. The molecule has 5 aromatic carbocycles. The number of hydrogen-bond donors (Lipinski definition) is 0. The van der Waals surface area contributed by atoms with Crippen LogP contribution in [0.4, 0.5) is 0 Å². The van der Waals surface area contributed by atoms with Crippen LogP contribution >= 0.6 is 0 Å². The molecule has 0 aromatic heterocycles. The summed E-state index contributed by atoms with van der Waals surface area (Å²) in [6.07, 6.45) is 0. The van der Waals surface area contributed by atoms with Crippen LogP contribution in [0.25, 0.3) is 0 Å². The molecule has 174 valence electrons. The minimum atomic E-state index is -0.510. The summed E-state index contributed by atoms with van der Waals surface area (Å²) in [7, 11) is 0. The number of rotatable bonds is 5. The van der Waals surface area contributed by atoms with Crippen molar-refractivity contribution in [2.45, 2.75) is 24.2 Å². The lowest BCUT2D eigenvalue weighted by atomic mass is 9.61. The molecule has 0 bridgehead atoms. The van der Waals surface area contributed by atoms with Gasteiger partial charge in [0, 0.05) is 11.5 Å². The Kier molecular flexibility index (Phi) is 5.62. The lowest BCUT2D eigenvalue weighted by Crippen LogP contribution is -2.35. The molecular formula is C35H28O. The van der Waals surface area contributed by atoms with Crippen molar-refractivity contribution in [3.05, 3.63) is 178 Å². The molecule has 0 amide bonds. The Labute approximate surface area is 213 Å². The fraction of sp³-hybridized carbons (Fsp3) is 0.114. The number of Topliss-reactive ketones (excluding diaryl/α,β-unsaturated/α-hetero) is 1. The smallest absolute Gasteiger partial charge is 0.170 e. The van der Waals surface area contributed by atoms with Crippen LogP contribution in [-0.4, -0.2) is 5.78 Å². The molecule has 0 N–H and O–H groups in total. The highest BCUT2D eigenvalue weighted by Gasteiger charge is 2.56. The molecule has 2 unspecified atom stereocenters. The number of fused-ring (bicyclic) bond motifs is 1. The molecule has 0 aliphatic heterocycles. The fourth-order valence-electron chi connectivity index (χ4n) is 6.25. The lowest BCUT2D eigenvalue weighted by Gasteiger charge is -2.40. The predicted molar refractivity (Wildman–Crippen MR) is 147 cm³/mol. The standard InChI is InChI=1S/C35H28O/c1-25-21-23-26(24-22-25)33-32(34(36)27-13-5-2-6-14-27)30-19-11-12-20-31(30)35(33,28-15-7-3-8-16-28)29-17-9-4-10-18-29/h2-24,32-33H,1H3. The summed E-state index contributed by atoms with van der Waals surface area (Å²) in [6, 6.07) is 48.6. The topological polar surface area (TPSA) is 17.1 Å². The fourth-order valence-corrected chi connectivity index (χ4v) is 6.25. The number of ketones is 1. The Hall–Kier alpha value is -4.23. The van der Waals surface area contributed by atoms with Crippen LogP contribution in [0.15, 0.2) is 140 Å². The van der Waals surface area contributed by atoms with Gasteiger partial charge in [0.05, 0.1) is 11.3 Å². The van der Waals surface area contributed by atoms with Gasteiger partial charge in [-0.25, -0.2) is 0 Å². The number of benzene rings is 5. The number of aryl methyl sites for hydroxylation is 1. The largest absolute Gasteiger partial charge is 0.293 e. The zero-order valence-corrected chi connectivity index (χ0v) is 20.3. The molecule has 5 aromatic rings. The first-order valence-electron chi connectivity index (χ1n) is 12.6. The minimum absolute atomic E-state index is 0.104. The summed E-state index contributed by atoms with van der Waals surface area (Å²) < 4.78 is 0. The zero-order valence-electron chi connectivity index (χ0n) is 20.3. The number of carbonyl (C=O) groups excluding carboxylic acids is 1. The van der Waals surface area contributed by atoms with E-state index in [1.165, 1.54) is 27.8 Å². The van der Waals surface area contributed by atoms with Gasteiger partial charge in [-0.3, -0.25) is 4.79 Å². The average Bonchev–Trinajstić information content (AvgIpc) is 3.26. The van der Waals surface area contributed by atoms with Gasteiger partial charge in [0.25, 0.3) is 0 Å². The van der Waals surface area contributed by atoms with Crippen molar-refractivity contribution in [1.29, 1.82) is 0 Å². The van der Waals surface area contributed by atoms with Gasteiger partial charge in [0.1, 0.15) is 0 Å². The average molecular weight is 465 g/mol. The summed E-state index contributed by atoms with van der Waals surface area (Å²) in [5.41, 5.74) is 7.38. The van der Waals surface area contributed by atoms with E-state index in [9.17, 15) is 4.79 Å². The van der Waals surface area contributed by atoms with Crippen LogP contribution in [0.1, 0.15) is 55.6 Å². The van der Waals surface area contributed by atoms with E-state index >= 15 is 0 Å². The lowest BCUT2D eigenvalue weighted by molar-refractivity contribution is 0.0945. The van der Waals surface area contributed by atoms with E-state index in [2.05, 4.69) is 116 Å².